The zero-order valence-electron chi connectivity index (χ0n) is 13.7. The average molecular weight is 320 g/mol. The summed E-state index contributed by atoms with van der Waals surface area (Å²) in [5.41, 5.74) is 4.58. The van der Waals surface area contributed by atoms with Crippen molar-refractivity contribution >= 4 is 5.95 Å². The van der Waals surface area contributed by atoms with Gasteiger partial charge in [-0.3, -0.25) is 4.98 Å². The van der Waals surface area contributed by atoms with Crippen LogP contribution in [0.1, 0.15) is 25.7 Å². The van der Waals surface area contributed by atoms with Gasteiger partial charge in [0.15, 0.2) is 0 Å². The molecule has 2 aliphatic carbocycles. The Hall–Kier alpha value is -2.69. The summed E-state index contributed by atoms with van der Waals surface area (Å²) >= 11 is 0. The molecule has 5 heteroatoms. The molecule has 24 heavy (non-hydrogen) atoms. The minimum atomic E-state index is 0.260. The lowest BCUT2D eigenvalue weighted by atomic mass is 9.97. The van der Waals surface area contributed by atoms with Crippen LogP contribution >= 0.6 is 0 Å². The Labute approximate surface area is 141 Å². The van der Waals surface area contributed by atoms with Crippen molar-refractivity contribution in [1.29, 1.82) is 0 Å². The number of nitrogens with one attached hydrogen (secondary N) is 1. The summed E-state index contributed by atoms with van der Waals surface area (Å²) in [4.78, 5) is 13.3. The number of ether oxygens (including phenoxy) is 1. The number of aromatic nitrogens is 3. The smallest absolute Gasteiger partial charge is 0.223 e. The Balaban J connectivity index is 1.54. The molecule has 4 rings (SSSR count). The van der Waals surface area contributed by atoms with Crippen LogP contribution in [0.25, 0.3) is 11.4 Å². The molecule has 1 unspecified atom stereocenters. The lowest BCUT2D eigenvalue weighted by molar-refractivity contribution is 0.414. The van der Waals surface area contributed by atoms with Crippen LogP contribution in [0.4, 0.5) is 5.95 Å². The van der Waals surface area contributed by atoms with E-state index >= 15 is 0 Å². The molecule has 1 saturated carbocycles. The third kappa shape index (κ3) is 3.02. The van der Waals surface area contributed by atoms with Gasteiger partial charge in [0, 0.05) is 18.5 Å². The van der Waals surface area contributed by atoms with E-state index in [1.165, 1.54) is 30.4 Å². The van der Waals surface area contributed by atoms with Crippen LogP contribution in [0.2, 0.25) is 0 Å². The molecule has 2 aromatic heterocycles. The first-order valence-corrected chi connectivity index (χ1v) is 8.32. The predicted octanol–water partition coefficient (Wildman–Crippen LogP) is 3.77. The maximum absolute atomic E-state index is 5.25. The molecule has 1 N–H and O–H groups in total. The summed E-state index contributed by atoms with van der Waals surface area (Å²) < 4.78 is 5.25. The standard InChI is InChI=1S/C19H20N4O/c1-24-16-7-9-20-18(12-16)17-8-10-21-19(23-17)22-15-6-5-13-3-2-4-14(13)11-15/h5,7-12,15H,2-4,6H2,1H3,(H,21,22,23). The topological polar surface area (TPSA) is 59.9 Å². The highest BCUT2D eigenvalue weighted by atomic mass is 16.5. The first-order chi connectivity index (χ1) is 11.8. The highest BCUT2D eigenvalue weighted by Crippen LogP contribution is 2.34. The molecule has 0 saturated heterocycles. The minimum absolute atomic E-state index is 0.260. The van der Waals surface area contributed by atoms with E-state index in [1.54, 1.807) is 19.5 Å². The van der Waals surface area contributed by atoms with E-state index in [0.717, 1.165) is 23.6 Å². The van der Waals surface area contributed by atoms with Gasteiger partial charge in [-0.15, -0.1) is 0 Å². The number of allylic oxidation sites excluding steroid dienone is 2. The van der Waals surface area contributed by atoms with E-state index in [2.05, 4.69) is 32.4 Å². The summed E-state index contributed by atoms with van der Waals surface area (Å²) in [5, 5.41) is 3.43. The molecule has 2 aliphatic rings. The molecule has 2 aromatic rings. The fraction of sp³-hybridized carbons (Fsp3) is 0.316. The van der Waals surface area contributed by atoms with E-state index in [0.29, 0.717) is 5.95 Å². The number of pyridine rings is 1. The molecule has 2 heterocycles. The largest absolute Gasteiger partial charge is 0.497 e. The van der Waals surface area contributed by atoms with Crippen LogP contribution in [-0.4, -0.2) is 28.1 Å². The number of hydrogen-bond donors (Lipinski definition) is 1. The van der Waals surface area contributed by atoms with Crippen LogP contribution in [-0.2, 0) is 0 Å². The van der Waals surface area contributed by atoms with Crippen molar-refractivity contribution in [2.24, 2.45) is 0 Å². The summed E-state index contributed by atoms with van der Waals surface area (Å²) in [6.45, 7) is 0. The molecule has 5 nitrogen and oxygen atoms in total. The van der Waals surface area contributed by atoms with Gasteiger partial charge in [0.25, 0.3) is 0 Å². The van der Waals surface area contributed by atoms with Gasteiger partial charge in [0.05, 0.1) is 24.5 Å². The van der Waals surface area contributed by atoms with Gasteiger partial charge in [0.2, 0.25) is 5.95 Å². The summed E-state index contributed by atoms with van der Waals surface area (Å²) in [5.74, 6) is 1.40. The molecular weight excluding hydrogens is 300 g/mol. The van der Waals surface area contributed by atoms with E-state index in [4.69, 9.17) is 4.74 Å². The summed E-state index contributed by atoms with van der Waals surface area (Å²) in [7, 11) is 1.65. The quantitative estimate of drug-likeness (QED) is 0.929. The molecule has 0 spiro atoms. The van der Waals surface area contributed by atoms with Gasteiger partial charge in [-0.05, 0) is 49.0 Å². The van der Waals surface area contributed by atoms with E-state index in [9.17, 15) is 0 Å². The maximum atomic E-state index is 5.25. The second kappa shape index (κ2) is 6.43. The van der Waals surface area contributed by atoms with Gasteiger partial charge in [-0.25, -0.2) is 9.97 Å². The first-order valence-electron chi connectivity index (χ1n) is 8.32. The van der Waals surface area contributed by atoms with Crippen molar-refractivity contribution in [2.45, 2.75) is 31.7 Å². The van der Waals surface area contributed by atoms with E-state index in [1.807, 2.05) is 18.2 Å². The number of fused-ring (bicyclic) bond motifs is 1. The molecular formula is C19H20N4O. The minimum Gasteiger partial charge on any atom is -0.497 e. The maximum Gasteiger partial charge on any atom is 0.223 e. The second-order valence-corrected chi connectivity index (χ2v) is 6.11. The van der Waals surface area contributed by atoms with Gasteiger partial charge in [0.1, 0.15) is 5.75 Å². The number of anilines is 1. The number of nitrogens with zero attached hydrogens (tertiary/aromatic N) is 3. The van der Waals surface area contributed by atoms with Gasteiger partial charge in [-0.1, -0.05) is 12.2 Å². The Kier molecular flexibility index (Phi) is 3.99. The summed E-state index contributed by atoms with van der Waals surface area (Å²) in [6, 6.07) is 5.82. The molecule has 122 valence electrons. The monoisotopic (exact) mass is 320 g/mol. The number of rotatable bonds is 4. The average Bonchev–Trinajstić information content (AvgIpc) is 3.10. The van der Waals surface area contributed by atoms with Gasteiger partial charge >= 0.3 is 0 Å². The predicted molar refractivity (Wildman–Crippen MR) is 93.9 cm³/mol. The van der Waals surface area contributed by atoms with E-state index in [-0.39, 0.29) is 6.04 Å². The Morgan fingerprint density at radius 3 is 2.88 bits per heavy atom. The third-order valence-corrected chi connectivity index (χ3v) is 4.52. The van der Waals surface area contributed by atoms with E-state index < -0.39 is 0 Å². The van der Waals surface area contributed by atoms with Crippen molar-refractivity contribution in [2.75, 3.05) is 12.4 Å². The third-order valence-electron chi connectivity index (χ3n) is 4.52. The lowest BCUT2D eigenvalue weighted by Gasteiger charge is -2.19. The van der Waals surface area contributed by atoms with Crippen LogP contribution in [0.15, 0.2) is 53.9 Å². The molecule has 0 amide bonds. The van der Waals surface area contributed by atoms with Crippen LogP contribution in [0.3, 0.4) is 0 Å². The first kappa shape index (κ1) is 14.9. The fourth-order valence-electron chi connectivity index (χ4n) is 3.31. The zero-order chi connectivity index (χ0) is 16.4. The van der Waals surface area contributed by atoms with Crippen LogP contribution in [0, 0.1) is 0 Å². The fourth-order valence-corrected chi connectivity index (χ4v) is 3.31. The van der Waals surface area contributed by atoms with Crippen molar-refractivity contribution in [3.8, 4) is 17.1 Å². The second-order valence-electron chi connectivity index (χ2n) is 6.11. The molecule has 0 aromatic carbocycles. The highest BCUT2D eigenvalue weighted by molar-refractivity contribution is 5.57. The number of hydrogen-bond acceptors (Lipinski definition) is 5. The van der Waals surface area contributed by atoms with Crippen molar-refractivity contribution in [1.82, 2.24) is 15.0 Å². The molecule has 1 fully saturated rings. The normalized spacial score (nSPS) is 19.3. The summed E-state index contributed by atoms with van der Waals surface area (Å²) in [6.07, 6.45) is 12.9. The number of methoxy groups -OCH3 is 1. The zero-order valence-corrected chi connectivity index (χ0v) is 13.7. The Bertz CT molecular complexity index is 813. The van der Waals surface area contributed by atoms with Crippen LogP contribution < -0.4 is 10.1 Å². The van der Waals surface area contributed by atoms with Crippen molar-refractivity contribution in [3.63, 3.8) is 0 Å². The Morgan fingerprint density at radius 2 is 1.96 bits per heavy atom. The highest BCUT2D eigenvalue weighted by Gasteiger charge is 2.20. The molecule has 1 atom stereocenters. The van der Waals surface area contributed by atoms with Crippen LogP contribution in [0.5, 0.6) is 5.75 Å². The van der Waals surface area contributed by atoms with Gasteiger partial charge in [-0.2, -0.15) is 0 Å². The SMILES string of the molecule is COc1ccnc(-c2ccnc(NC3C=C4CCCC4=CC3)n2)c1. The molecule has 0 radical (unpaired) electrons. The Morgan fingerprint density at radius 1 is 1.08 bits per heavy atom. The van der Waals surface area contributed by atoms with Gasteiger partial charge < -0.3 is 10.1 Å². The molecule has 0 bridgehead atoms. The molecule has 0 aliphatic heterocycles. The lowest BCUT2D eigenvalue weighted by Crippen LogP contribution is -2.20. The van der Waals surface area contributed by atoms with Crippen molar-refractivity contribution < 1.29 is 4.74 Å². The van der Waals surface area contributed by atoms with Crippen molar-refractivity contribution in [3.05, 3.63) is 53.9 Å².